The van der Waals surface area contributed by atoms with Gasteiger partial charge in [0, 0.05) is 17.6 Å². The number of halogens is 3. The molecule has 3 aromatic carbocycles. The number of anilines is 1. The van der Waals surface area contributed by atoms with Gasteiger partial charge in [0.2, 0.25) is 11.8 Å². The van der Waals surface area contributed by atoms with E-state index in [1.54, 1.807) is 37.3 Å². The van der Waals surface area contributed by atoms with Crippen LogP contribution in [0.3, 0.4) is 0 Å². The van der Waals surface area contributed by atoms with E-state index in [9.17, 15) is 18.0 Å². The molecule has 0 aliphatic carbocycles. The number of nitrogens with one attached hydrogen (secondary N) is 1. The highest BCUT2D eigenvalue weighted by atomic mass is 35.5. The SMILES string of the molecule is CCC(C)NC(=O)C(CC)N(Cc1ccc(Cl)c(Cl)c1)C(=O)CN(c1ccc(Cl)cc1)S(=O)(=O)c1ccc(OC)cc1. The Bertz CT molecular complexity index is 1490. The van der Waals surface area contributed by atoms with Crippen LogP contribution in [0.1, 0.15) is 39.2 Å². The fraction of sp³-hybridized carbons (Fsp3) is 0.333. The Labute approximate surface area is 262 Å². The van der Waals surface area contributed by atoms with Crippen LogP contribution in [0.15, 0.2) is 71.6 Å². The molecule has 1 N–H and O–H groups in total. The number of sulfonamides is 1. The molecular formula is C30H34Cl3N3O5S. The van der Waals surface area contributed by atoms with Crippen LogP contribution in [0.2, 0.25) is 15.1 Å². The number of rotatable bonds is 13. The Morgan fingerprint density at radius 1 is 0.905 bits per heavy atom. The highest BCUT2D eigenvalue weighted by Crippen LogP contribution is 2.28. The maximum Gasteiger partial charge on any atom is 0.264 e. The first kappa shape index (κ1) is 33.5. The van der Waals surface area contributed by atoms with Gasteiger partial charge < -0.3 is 15.0 Å². The summed E-state index contributed by atoms with van der Waals surface area (Å²) in [6, 6.07) is 15.9. The molecule has 0 fully saturated rings. The lowest BCUT2D eigenvalue weighted by atomic mass is 10.1. The van der Waals surface area contributed by atoms with Gasteiger partial charge in [0.1, 0.15) is 18.3 Å². The molecule has 2 unspecified atom stereocenters. The van der Waals surface area contributed by atoms with Crippen molar-refractivity contribution in [1.29, 1.82) is 0 Å². The van der Waals surface area contributed by atoms with E-state index in [0.29, 0.717) is 39.2 Å². The predicted octanol–water partition coefficient (Wildman–Crippen LogP) is 6.57. The zero-order valence-corrected chi connectivity index (χ0v) is 26.9. The molecule has 0 spiro atoms. The zero-order chi connectivity index (χ0) is 31.0. The van der Waals surface area contributed by atoms with Crippen molar-refractivity contribution in [2.24, 2.45) is 0 Å². The number of carbonyl (C=O) groups excluding carboxylic acids is 2. The number of methoxy groups -OCH3 is 1. The third-order valence-electron chi connectivity index (χ3n) is 6.76. The summed E-state index contributed by atoms with van der Waals surface area (Å²) in [6.07, 6.45) is 0.995. The van der Waals surface area contributed by atoms with Crippen LogP contribution in [0.25, 0.3) is 0 Å². The molecule has 0 aromatic heterocycles. The second-order valence-corrected chi connectivity index (χ2v) is 12.8. The molecule has 12 heteroatoms. The lowest BCUT2D eigenvalue weighted by molar-refractivity contribution is -0.140. The topological polar surface area (TPSA) is 96.0 Å². The third-order valence-corrected chi connectivity index (χ3v) is 9.54. The second-order valence-electron chi connectivity index (χ2n) is 9.68. The molecule has 3 aromatic rings. The maximum absolute atomic E-state index is 14.1. The number of hydrogen-bond donors (Lipinski definition) is 1. The molecule has 0 aliphatic heterocycles. The molecular weight excluding hydrogens is 621 g/mol. The van der Waals surface area contributed by atoms with E-state index in [1.807, 2.05) is 13.8 Å². The molecule has 226 valence electrons. The molecule has 2 atom stereocenters. The van der Waals surface area contributed by atoms with Crippen LogP contribution in [-0.2, 0) is 26.2 Å². The molecule has 42 heavy (non-hydrogen) atoms. The molecule has 0 bridgehead atoms. The summed E-state index contributed by atoms with van der Waals surface area (Å²) in [6.45, 7) is 5.03. The van der Waals surface area contributed by atoms with Crippen LogP contribution in [0.4, 0.5) is 5.69 Å². The second kappa shape index (κ2) is 15.0. The summed E-state index contributed by atoms with van der Waals surface area (Å²) < 4.78 is 34.1. The van der Waals surface area contributed by atoms with E-state index in [4.69, 9.17) is 39.5 Å². The molecule has 0 saturated carbocycles. The van der Waals surface area contributed by atoms with E-state index in [-0.39, 0.29) is 29.1 Å². The van der Waals surface area contributed by atoms with Gasteiger partial charge in [-0.3, -0.25) is 13.9 Å². The van der Waals surface area contributed by atoms with Gasteiger partial charge in [0.15, 0.2) is 0 Å². The van der Waals surface area contributed by atoms with E-state index in [2.05, 4.69) is 5.32 Å². The van der Waals surface area contributed by atoms with Gasteiger partial charge in [-0.05, 0) is 86.0 Å². The van der Waals surface area contributed by atoms with Crippen molar-refractivity contribution >= 4 is 62.3 Å². The Kier molecular flexibility index (Phi) is 11.9. The van der Waals surface area contributed by atoms with Crippen LogP contribution in [-0.4, -0.2) is 50.9 Å². The van der Waals surface area contributed by atoms with Crippen LogP contribution >= 0.6 is 34.8 Å². The minimum atomic E-state index is -4.23. The van der Waals surface area contributed by atoms with Gasteiger partial charge in [-0.25, -0.2) is 8.42 Å². The number of ether oxygens (including phenoxy) is 1. The van der Waals surface area contributed by atoms with Gasteiger partial charge in [0.25, 0.3) is 10.0 Å². The lowest BCUT2D eigenvalue weighted by Gasteiger charge is -2.33. The predicted molar refractivity (Wildman–Crippen MR) is 168 cm³/mol. The van der Waals surface area contributed by atoms with Crippen LogP contribution in [0.5, 0.6) is 5.75 Å². The van der Waals surface area contributed by atoms with Crippen molar-refractivity contribution in [3.8, 4) is 5.75 Å². The summed E-state index contributed by atoms with van der Waals surface area (Å²) in [5.74, 6) is -0.440. The van der Waals surface area contributed by atoms with Crippen molar-refractivity contribution in [1.82, 2.24) is 10.2 Å². The van der Waals surface area contributed by atoms with E-state index >= 15 is 0 Å². The van der Waals surface area contributed by atoms with E-state index in [1.165, 1.54) is 48.4 Å². The molecule has 0 aliphatic rings. The largest absolute Gasteiger partial charge is 0.497 e. The Hall–Kier alpha value is -2.98. The Morgan fingerprint density at radius 2 is 1.55 bits per heavy atom. The fourth-order valence-corrected chi connectivity index (χ4v) is 6.07. The first-order valence-corrected chi connectivity index (χ1v) is 15.9. The molecule has 2 amide bonds. The Morgan fingerprint density at radius 3 is 2.10 bits per heavy atom. The molecule has 0 heterocycles. The number of carbonyl (C=O) groups is 2. The van der Waals surface area contributed by atoms with Gasteiger partial charge in [-0.15, -0.1) is 0 Å². The summed E-state index contributed by atoms with van der Waals surface area (Å²) >= 11 is 18.4. The van der Waals surface area contributed by atoms with Gasteiger partial charge >= 0.3 is 0 Å². The number of hydrogen-bond acceptors (Lipinski definition) is 5. The summed E-state index contributed by atoms with van der Waals surface area (Å²) in [4.78, 5) is 28.8. The quantitative estimate of drug-likeness (QED) is 0.225. The summed E-state index contributed by atoms with van der Waals surface area (Å²) in [7, 11) is -2.75. The first-order chi connectivity index (χ1) is 19.9. The minimum absolute atomic E-state index is 0.000798. The highest BCUT2D eigenvalue weighted by Gasteiger charge is 2.34. The number of amides is 2. The van der Waals surface area contributed by atoms with Gasteiger partial charge in [-0.2, -0.15) is 0 Å². The van der Waals surface area contributed by atoms with Gasteiger partial charge in [0.05, 0.1) is 27.7 Å². The average molecular weight is 655 g/mol. The Balaban J connectivity index is 2.07. The maximum atomic E-state index is 14.1. The van der Waals surface area contributed by atoms with Crippen LogP contribution < -0.4 is 14.4 Å². The standard InChI is InChI=1S/C30H34Cl3N3O5S/c1-5-20(3)34-30(38)28(6-2)35(18-21-7-16-26(32)27(33)17-21)29(37)19-36(23-10-8-22(31)9-11-23)42(39,40)25-14-12-24(41-4)13-15-25/h7-17,20,28H,5-6,18-19H2,1-4H3,(H,34,38). The van der Waals surface area contributed by atoms with Crippen molar-refractivity contribution in [3.05, 3.63) is 87.4 Å². The number of nitrogens with zero attached hydrogens (tertiary/aromatic N) is 2. The lowest BCUT2D eigenvalue weighted by Crippen LogP contribution is -2.53. The molecule has 8 nitrogen and oxygen atoms in total. The van der Waals surface area contributed by atoms with Crippen molar-refractivity contribution in [2.75, 3.05) is 18.0 Å². The number of benzene rings is 3. The first-order valence-electron chi connectivity index (χ1n) is 13.4. The van der Waals surface area contributed by atoms with Crippen molar-refractivity contribution in [2.45, 2.75) is 57.1 Å². The van der Waals surface area contributed by atoms with E-state index in [0.717, 1.165) is 4.31 Å². The van der Waals surface area contributed by atoms with Crippen molar-refractivity contribution in [3.63, 3.8) is 0 Å². The normalized spacial score (nSPS) is 12.7. The third kappa shape index (κ3) is 8.31. The highest BCUT2D eigenvalue weighted by molar-refractivity contribution is 7.92. The summed E-state index contributed by atoms with van der Waals surface area (Å²) in [5, 5.41) is 3.99. The monoisotopic (exact) mass is 653 g/mol. The fourth-order valence-electron chi connectivity index (χ4n) is 4.21. The minimum Gasteiger partial charge on any atom is -0.497 e. The zero-order valence-electron chi connectivity index (χ0n) is 23.8. The van der Waals surface area contributed by atoms with Gasteiger partial charge in [-0.1, -0.05) is 54.7 Å². The molecule has 0 radical (unpaired) electrons. The van der Waals surface area contributed by atoms with Crippen molar-refractivity contribution < 1.29 is 22.7 Å². The van der Waals surface area contributed by atoms with E-state index < -0.39 is 28.5 Å². The molecule has 3 rings (SSSR count). The smallest absolute Gasteiger partial charge is 0.264 e. The molecule has 0 saturated heterocycles. The van der Waals surface area contributed by atoms with Crippen LogP contribution in [0, 0.1) is 0 Å². The average Bonchev–Trinajstić information content (AvgIpc) is 2.97. The summed E-state index contributed by atoms with van der Waals surface area (Å²) in [5.41, 5.74) is 0.860.